The van der Waals surface area contributed by atoms with Gasteiger partial charge in [-0.3, -0.25) is 14.0 Å². The number of carbonyl (C=O) groups excluding carboxylic acids is 2. The van der Waals surface area contributed by atoms with Crippen LogP contribution in [0.4, 0.5) is 14.5 Å². The first-order chi connectivity index (χ1) is 16.7. The molecule has 0 saturated heterocycles. The molecule has 4 rings (SSSR count). The van der Waals surface area contributed by atoms with Gasteiger partial charge >= 0.3 is 5.69 Å². The van der Waals surface area contributed by atoms with Crippen molar-refractivity contribution in [1.29, 1.82) is 0 Å². The van der Waals surface area contributed by atoms with Crippen molar-refractivity contribution in [3.8, 4) is 0 Å². The van der Waals surface area contributed by atoms with Gasteiger partial charge in [-0.15, -0.1) is 5.10 Å². The van der Waals surface area contributed by atoms with Crippen LogP contribution in [-0.2, 0) is 11.3 Å². The summed E-state index contributed by atoms with van der Waals surface area (Å²) in [6.45, 7) is 3.59. The minimum atomic E-state index is -1.05. The lowest BCUT2D eigenvalue weighted by molar-refractivity contribution is -0.118. The summed E-state index contributed by atoms with van der Waals surface area (Å²) in [6, 6.07) is 14.1. The Hall–Kier alpha value is -4.34. The van der Waals surface area contributed by atoms with Crippen molar-refractivity contribution in [3.05, 3.63) is 100 Å². The first-order valence-electron chi connectivity index (χ1n) is 10.9. The number of halogens is 2. The second-order valence-electron chi connectivity index (χ2n) is 8.35. The predicted octanol–water partition coefficient (Wildman–Crippen LogP) is 3.22. The quantitative estimate of drug-likeness (QED) is 0.425. The van der Waals surface area contributed by atoms with Gasteiger partial charge in [-0.1, -0.05) is 38.1 Å². The highest BCUT2D eigenvalue weighted by Crippen LogP contribution is 2.16. The third kappa shape index (κ3) is 5.11. The number of fused-ring (bicyclic) bond motifs is 1. The maximum Gasteiger partial charge on any atom is 0.350 e. The molecule has 0 fully saturated rings. The molecular weight excluding hydrogens is 456 g/mol. The fourth-order valence-corrected chi connectivity index (χ4v) is 3.67. The van der Waals surface area contributed by atoms with Crippen LogP contribution in [0.3, 0.4) is 0 Å². The molecule has 2 heterocycles. The Morgan fingerprint density at radius 2 is 1.71 bits per heavy atom. The summed E-state index contributed by atoms with van der Waals surface area (Å²) in [5, 5.41) is 9.44. The van der Waals surface area contributed by atoms with Crippen LogP contribution >= 0.6 is 0 Å². The number of carbonyl (C=O) groups is 2. The molecule has 0 bridgehead atoms. The number of rotatable bonds is 7. The van der Waals surface area contributed by atoms with Gasteiger partial charge in [-0.25, -0.2) is 18.3 Å². The number of nitrogens with one attached hydrogen (secondary N) is 2. The van der Waals surface area contributed by atoms with E-state index < -0.39 is 35.1 Å². The molecule has 4 aromatic rings. The van der Waals surface area contributed by atoms with Gasteiger partial charge in [0.05, 0.1) is 6.54 Å². The SMILES string of the molecule is CC(C)C(NC(=O)c1c(F)cccc1F)C(=O)Nc1cccc(Cn2nc3ccccn3c2=O)c1. The number of pyridine rings is 1. The van der Waals surface area contributed by atoms with E-state index in [1.165, 1.54) is 9.08 Å². The van der Waals surface area contributed by atoms with E-state index >= 15 is 0 Å². The molecule has 0 saturated carbocycles. The number of anilines is 1. The van der Waals surface area contributed by atoms with Gasteiger partial charge in [-0.2, -0.15) is 0 Å². The maximum atomic E-state index is 14.0. The molecule has 2 aromatic carbocycles. The highest BCUT2D eigenvalue weighted by atomic mass is 19.1. The zero-order valence-electron chi connectivity index (χ0n) is 19.0. The standard InChI is InChI=1S/C25H23F2N5O3/c1-15(2)22(29-23(33)21-18(26)9-6-10-19(21)27)24(34)28-17-8-5-7-16(13-17)14-32-25(35)31-12-4-3-11-20(31)30-32/h3-13,15,22H,14H2,1-2H3,(H,28,34)(H,29,33). The monoisotopic (exact) mass is 479 g/mol. The minimum absolute atomic E-state index is 0.182. The van der Waals surface area contributed by atoms with Gasteiger partial charge < -0.3 is 10.6 Å². The molecule has 2 amide bonds. The molecule has 2 aromatic heterocycles. The summed E-state index contributed by atoms with van der Waals surface area (Å²) in [4.78, 5) is 38.0. The molecule has 1 atom stereocenters. The van der Waals surface area contributed by atoms with Gasteiger partial charge in [0.15, 0.2) is 5.65 Å². The van der Waals surface area contributed by atoms with Gasteiger partial charge in [0.2, 0.25) is 5.91 Å². The summed E-state index contributed by atoms with van der Waals surface area (Å²) in [6.07, 6.45) is 1.63. The third-order valence-corrected chi connectivity index (χ3v) is 5.44. The number of hydrogen-bond acceptors (Lipinski definition) is 4. The lowest BCUT2D eigenvalue weighted by Gasteiger charge is -2.22. The Bertz CT molecular complexity index is 1440. The molecule has 0 aliphatic rings. The predicted molar refractivity (Wildman–Crippen MR) is 126 cm³/mol. The smallest absolute Gasteiger partial charge is 0.340 e. The Labute approximate surface area is 199 Å². The average molecular weight is 479 g/mol. The first-order valence-corrected chi connectivity index (χ1v) is 10.9. The Kier molecular flexibility index (Phi) is 6.72. The summed E-state index contributed by atoms with van der Waals surface area (Å²) in [5.41, 5.74) is 0.626. The van der Waals surface area contributed by atoms with Gasteiger partial charge in [-0.05, 0) is 47.9 Å². The van der Waals surface area contributed by atoms with Gasteiger partial charge in [0.1, 0.15) is 23.2 Å². The number of benzene rings is 2. The van der Waals surface area contributed by atoms with Gasteiger partial charge in [0.25, 0.3) is 5.91 Å². The number of amides is 2. The van der Waals surface area contributed by atoms with Crippen molar-refractivity contribution in [2.24, 2.45) is 5.92 Å². The zero-order chi connectivity index (χ0) is 25.1. The maximum absolute atomic E-state index is 14.0. The Morgan fingerprint density at radius 3 is 2.40 bits per heavy atom. The number of aromatic nitrogens is 3. The van der Waals surface area contributed by atoms with E-state index in [4.69, 9.17) is 0 Å². The van der Waals surface area contributed by atoms with Crippen LogP contribution in [-0.4, -0.2) is 32.0 Å². The van der Waals surface area contributed by atoms with E-state index in [9.17, 15) is 23.2 Å². The second-order valence-corrected chi connectivity index (χ2v) is 8.35. The normalized spacial score (nSPS) is 12.0. The van der Waals surface area contributed by atoms with E-state index in [0.29, 0.717) is 16.9 Å². The van der Waals surface area contributed by atoms with Crippen LogP contribution in [0.15, 0.2) is 71.7 Å². The zero-order valence-corrected chi connectivity index (χ0v) is 19.0. The fraction of sp³-hybridized carbons (Fsp3) is 0.200. The molecule has 180 valence electrons. The van der Waals surface area contributed by atoms with E-state index in [0.717, 1.165) is 18.2 Å². The van der Waals surface area contributed by atoms with Crippen LogP contribution in [0.2, 0.25) is 0 Å². The third-order valence-electron chi connectivity index (χ3n) is 5.44. The average Bonchev–Trinajstić information content (AvgIpc) is 3.12. The fourth-order valence-electron chi connectivity index (χ4n) is 3.67. The lowest BCUT2D eigenvalue weighted by Crippen LogP contribution is -2.47. The van der Waals surface area contributed by atoms with Crippen molar-refractivity contribution in [1.82, 2.24) is 19.5 Å². The molecule has 0 radical (unpaired) electrons. The van der Waals surface area contributed by atoms with Crippen LogP contribution in [0.1, 0.15) is 29.8 Å². The van der Waals surface area contributed by atoms with Crippen molar-refractivity contribution in [2.75, 3.05) is 5.32 Å². The van der Waals surface area contributed by atoms with Crippen molar-refractivity contribution >= 4 is 23.1 Å². The van der Waals surface area contributed by atoms with E-state index in [-0.39, 0.29) is 18.2 Å². The summed E-state index contributed by atoms with van der Waals surface area (Å²) in [7, 11) is 0. The van der Waals surface area contributed by atoms with Crippen LogP contribution < -0.4 is 16.3 Å². The highest BCUT2D eigenvalue weighted by molar-refractivity contribution is 6.01. The lowest BCUT2D eigenvalue weighted by atomic mass is 10.0. The van der Waals surface area contributed by atoms with E-state index in [1.54, 1.807) is 62.5 Å². The second kappa shape index (κ2) is 9.88. The number of nitrogens with zero attached hydrogens (tertiary/aromatic N) is 3. The molecule has 35 heavy (non-hydrogen) atoms. The summed E-state index contributed by atoms with van der Waals surface area (Å²) in [5.74, 6) is -3.96. The molecular formula is C25H23F2N5O3. The Morgan fingerprint density at radius 1 is 1.00 bits per heavy atom. The van der Waals surface area contributed by atoms with Crippen molar-refractivity contribution in [3.63, 3.8) is 0 Å². The molecule has 0 spiro atoms. The molecule has 1 unspecified atom stereocenters. The van der Waals surface area contributed by atoms with E-state index in [2.05, 4.69) is 15.7 Å². The topological polar surface area (TPSA) is 97.5 Å². The largest absolute Gasteiger partial charge is 0.350 e. The number of hydrogen-bond donors (Lipinski definition) is 2. The highest BCUT2D eigenvalue weighted by Gasteiger charge is 2.27. The summed E-state index contributed by atoms with van der Waals surface area (Å²) >= 11 is 0. The molecule has 2 N–H and O–H groups in total. The molecule has 10 heteroatoms. The van der Waals surface area contributed by atoms with E-state index in [1.807, 2.05) is 0 Å². The van der Waals surface area contributed by atoms with Crippen molar-refractivity contribution in [2.45, 2.75) is 26.4 Å². The molecule has 0 aliphatic heterocycles. The summed E-state index contributed by atoms with van der Waals surface area (Å²) < 4.78 is 30.7. The van der Waals surface area contributed by atoms with Gasteiger partial charge in [0, 0.05) is 11.9 Å². The first kappa shape index (κ1) is 23.8. The molecule has 0 aliphatic carbocycles. The minimum Gasteiger partial charge on any atom is -0.340 e. The van der Waals surface area contributed by atoms with Crippen LogP contribution in [0, 0.1) is 17.6 Å². The molecule has 8 nitrogen and oxygen atoms in total. The van der Waals surface area contributed by atoms with Crippen LogP contribution in [0.25, 0.3) is 5.65 Å². The Balaban J connectivity index is 1.50. The van der Waals surface area contributed by atoms with Crippen LogP contribution in [0.5, 0.6) is 0 Å². The van der Waals surface area contributed by atoms with Crippen molar-refractivity contribution < 1.29 is 18.4 Å².